The molecule has 0 unspecified atom stereocenters. The maximum absolute atomic E-state index is 12.2. The number of alkyl halides is 2. The van der Waals surface area contributed by atoms with Gasteiger partial charge >= 0.3 is 0 Å². The van der Waals surface area contributed by atoms with Crippen molar-refractivity contribution in [3.8, 4) is 11.5 Å². The molecule has 7 heteroatoms. The standard InChI is InChI=1S/C13H11Cl2NO4/c1-16-8-5-6(20-2)3-4-7(8)10(17)9(13(16)19)11(18)12(14)15/h3-5,12,17H,1-2H3. The van der Waals surface area contributed by atoms with Crippen LogP contribution in [0.1, 0.15) is 10.4 Å². The van der Waals surface area contributed by atoms with Crippen molar-refractivity contribution in [1.82, 2.24) is 4.57 Å². The lowest BCUT2D eigenvalue weighted by atomic mass is 10.1. The largest absolute Gasteiger partial charge is 0.506 e. The van der Waals surface area contributed by atoms with Gasteiger partial charge in [0.15, 0.2) is 4.84 Å². The maximum Gasteiger partial charge on any atom is 0.265 e. The molecule has 0 amide bonds. The molecule has 0 saturated carbocycles. The third-order valence-corrected chi connectivity index (χ3v) is 3.42. The van der Waals surface area contributed by atoms with E-state index in [1.807, 2.05) is 0 Å². The smallest absolute Gasteiger partial charge is 0.265 e. The van der Waals surface area contributed by atoms with Crippen molar-refractivity contribution in [2.45, 2.75) is 4.84 Å². The number of fused-ring (bicyclic) bond motifs is 1. The van der Waals surface area contributed by atoms with E-state index in [0.29, 0.717) is 16.7 Å². The number of hydrogen-bond donors (Lipinski definition) is 1. The Hall–Kier alpha value is -1.72. The van der Waals surface area contributed by atoms with Crippen molar-refractivity contribution < 1.29 is 14.6 Å². The molecule has 2 aromatic rings. The number of aromatic nitrogens is 1. The van der Waals surface area contributed by atoms with Gasteiger partial charge in [0.05, 0.1) is 12.6 Å². The zero-order chi connectivity index (χ0) is 15.0. The van der Waals surface area contributed by atoms with Crippen LogP contribution < -0.4 is 10.3 Å². The number of ether oxygens (including phenoxy) is 1. The molecule has 0 spiro atoms. The fourth-order valence-electron chi connectivity index (χ4n) is 1.96. The number of rotatable bonds is 3. The lowest BCUT2D eigenvalue weighted by molar-refractivity contribution is 0.100. The molecule has 1 N–H and O–H groups in total. The zero-order valence-corrected chi connectivity index (χ0v) is 12.2. The second-order valence-electron chi connectivity index (χ2n) is 4.14. The molecule has 1 aromatic carbocycles. The number of carbonyl (C=O) groups is 1. The number of carbonyl (C=O) groups excluding carboxylic acids is 1. The fourth-order valence-corrected chi connectivity index (χ4v) is 2.18. The molecule has 5 nitrogen and oxygen atoms in total. The second-order valence-corrected chi connectivity index (χ2v) is 5.23. The normalized spacial score (nSPS) is 11.1. The molecule has 0 aliphatic rings. The van der Waals surface area contributed by atoms with Crippen molar-refractivity contribution >= 4 is 39.9 Å². The molecule has 0 aliphatic heterocycles. The summed E-state index contributed by atoms with van der Waals surface area (Å²) in [5, 5.41) is 10.5. The number of methoxy groups -OCH3 is 1. The number of pyridine rings is 1. The summed E-state index contributed by atoms with van der Waals surface area (Å²) >= 11 is 11.0. The molecule has 1 aromatic heterocycles. The van der Waals surface area contributed by atoms with Crippen LogP contribution in [0, 0.1) is 0 Å². The van der Waals surface area contributed by atoms with E-state index in [1.165, 1.54) is 18.7 Å². The van der Waals surface area contributed by atoms with Gasteiger partial charge < -0.3 is 14.4 Å². The average molecular weight is 316 g/mol. The number of aryl methyl sites for hydroxylation is 1. The molecule has 0 aliphatic carbocycles. The summed E-state index contributed by atoms with van der Waals surface area (Å²) in [5.74, 6) is -0.732. The Morgan fingerprint density at radius 2 is 2.05 bits per heavy atom. The molecular weight excluding hydrogens is 305 g/mol. The summed E-state index contributed by atoms with van der Waals surface area (Å²) in [4.78, 5) is 22.6. The Morgan fingerprint density at radius 1 is 1.40 bits per heavy atom. The van der Waals surface area contributed by atoms with Gasteiger partial charge in [0.25, 0.3) is 5.56 Å². The van der Waals surface area contributed by atoms with Crippen LogP contribution in [0.4, 0.5) is 0 Å². The monoisotopic (exact) mass is 315 g/mol. The molecular formula is C13H11Cl2NO4. The summed E-state index contributed by atoms with van der Waals surface area (Å²) in [6.07, 6.45) is 0. The highest BCUT2D eigenvalue weighted by Gasteiger charge is 2.25. The number of aromatic hydroxyl groups is 1. The van der Waals surface area contributed by atoms with Gasteiger partial charge in [-0.05, 0) is 12.1 Å². The first-order valence-corrected chi connectivity index (χ1v) is 6.47. The van der Waals surface area contributed by atoms with Crippen molar-refractivity contribution in [1.29, 1.82) is 0 Å². The minimum Gasteiger partial charge on any atom is -0.506 e. The van der Waals surface area contributed by atoms with Gasteiger partial charge in [-0.3, -0.25) is 9.59 Å². The van der Waals surface area contributed by atoms with E-state index in [-0.39, 0.29) is 0 Å². The molecule has 0 saturated heterocycles. The number of nitrogens with zero attached hydrogens (tertiary/aromatic N) is 1. The van der Waals surface area contributed by atoms with Crippen LogP contribution >= 0.6 is 23.2 Å². The zero-order valence-electron chi connectivity index (χ0n) is 10.7. The van der Waals surface area contributed by atoms with Crippen LogP contribution in [0.15, 0.2) is 23.0 Å². The average Bonchev–Trinajstić information content (AvgIpc) is 2.44. The van der Waals surface area contributed by atoms with Crippen molar-refractivity contribution in [2.24, 2.45) is 7.05 Å². The van der Waals surface area contributed by atoms with Crippen LogP contribution in [0.5, 0.6) is 11.5 Å². The van der Waals surface area contributed by atoms with E-state index < -0.39 is 27.5 Å². The Morgan fingerprint density at radius 3 is 2.60 bits per heavy atom. The number of benzene rings is 1. The van der Waals surface area contributed by atoms with Crippen molar-refractivity contribution in [3.63, 3.8) is 0 Å². The Bertz CT molecular complexity index is 752. The van der Waals surface area contributed by atoms with Crippen LogP contribution in [0.3, 0.4) is 0 Å². The summed E-state index contributed by atoms with van der Waals surface area (Å²) in [5.41, 5.74) is -0.649. The lowest BCUT2D eigenvalue weighted by Crippen LogP contribution is -2.27. The number of hydrogen-bond acceptors (Lipinski definition) is 4. The minimum absolute atomic E-state index is 0.338. The fraction of sp³-hybridized carbons (Fsp3) is 0.231. The quantitative estimate of drug-likeness (QED) is 0.696. The first kappa shape index (κ1) is 14.7. The Kier molecular flexibility index (Phi) is 3.92. The molecule has 106 valence electrons. The van der Waals surface area contributed by atoms with Crippen LogP contribution in [0.25, 0.3) is 10.9 Å². The van der Waals surface area contributed by atoms with Crippen molar-refractivity contribution in [2.75, 3.05) is 7.11 Å². The van der Waals surface area contributed by atoms with Gasteiger partial charge in [-0.2, -0.15) is 0 Å². The van der Waals surface area contributed by atoms with Gasteiger partial charge in [-0.15, -0.1) is 0 Å². The number of halogens is 2. The summed E-state index contributed by atoms with van der Waals surface area (Å²) in [6.45, 7) is 0. The molecule has 0 radical (unpaired) electrons. The lowest BCUT2D eigenvalue weighted by Gasteiger charge is -2.12. The van der Waals surface area contributed by atoms with Crippen LogP contribution in [-0.4, -0.2) is 27.4 Å². The van der Waals surface area contributed by atoms with E-state index >= 15 is 0 Å². The SMILES string of the molecule is COc1ccc2c(O)c(C(=O)C(Cl)Cl)c(=O)n(C)c2c1. The molecule has 20 heavy (non-hydrogen) atoms. The minimum atomic E-state index is -1.41. The topological polar surface area (TPSA) is 68.5 Å². The van der Waals surface area contributed by atoms with E-state index in [0.717, 1.165) is 0 Å². The predicted octanol–water partition coefficient (Wildman–Crippen LogP) is 2.24. The highest BCUT2D eigenvalue weighted by atomic mass is 35.5. The van der Waals surface area contributed by atoms with E-state index in [4.69, 9.17) is 27.9 Å². The van der Waals surface area contributed by atoms with Gasteiger partial charge in [-0.25, -0.2) is 0 Å². The van der Waals surface area contributed by atoms with E-state index in [9.17, 15) is 14.7 Å². The first-order valence-electron chi connectivity index (χ1n) is 5.60. The molecule has 0 atom stereocenters. The molecule has 2 rings (SSSR count). The third kappa shape index (κ3) is 2.23. The molecule has 1 heterocycles. The predicted molar refractivity (Wildman–Crippen MR) is 77.2 cm³/mol. The van der Waals surface area contributed by atoms with Crippen LogP contribution in [-0.2, 0) is 7.05 Å². The summed E-state index contributed by atoms with van der Waals surface area (Å²) in [6, 6.07) is 4.75. The second kappa shape index (κ2) is 5.34. The summed E-state index contributed by atoms with van der Waals surface area (Å²) in [7, 11) is 2.97. The van der Waals surface area contributed by atoms with E-state index in [2.05, 4.69) is 0 Å². The summed E-state index contributed by atoms with van der Waals surface area (Å²) < 4.78 is 6.30. The van der Waals surface area contributed by atoms with Gasteiger partial charge in [0.2, 0.25) is 5.78 Å². The number of ketones is 1. The van der Waals surface area contributed by atoms with Crippen LogP contribution in [0.2, 0.25) is 0 Å². The Labute approximate surface area is 124 Å². The highest BCUT2D eigenvalue weighted by Crippen LogP contribution is 2.30. The van der Waals surface area contributed by atoms with E-state index in [1.54, 1.807) is 18.2 Å². The maximum atomic E-state index is 12.2. The van der Waals surface area contributed by atoms with Gasteiger partial charge in [-0.1, -0.05) is 23.2 Å². The molecule has 0 bridgehead atoms. The van der Waals surface area contributed by atoms with Gasteiger partial charge in [0, 0.05) is 18.5 Å². The molecule has 0 fully saturated rings. The first-order chi connectivity index (χ1) is 9.38. The van der Waals surface area contributed by atoms with Gasteiger partial charge in [0.1, 0.15) is 17.1 Å². The Balaban J connectivity index is 2.88. The third-order valence-electron chi connectivity index (χ3n) is 3.02. The van der Waals surface area contributed by atoms with Crippen molar-refractivity contribution in [3.05, 3.63) is 34.1 Å². The number of Topliss-reactive ketones (excluding diaryl/α,β-unsaturated/α-hetero) is 1. The highest BCUT2D eigenvalue weighted by molar-refractivity contribution is 6.55.